The maximum atomic E-state index is 5.43. The second kappa shape index (κ2) is 4.09. The van der Waals surface area contributed by atoms with Crippen LogP contribution >= 0.6 is 11.3 Å². The van der Waals surface area contributed by atoms with E-state index in [1.807, 2.05) is 18.4 Å². The molecule has 2 aromatic rings. The molecule has 7 heteroatoms. The van der Waals surface area contributed by atoms with E-state index in [9.17, 15) is 0 Å². The number of anilines is 2. The number of thiophene rings is 1. The molecule has 78 valence electrons. The van der Waals surface area contributed by atoms with Crippen molar-refractivity contribution in [1.82, 2.24) is 10.3 Å². The number of nitrogen functional groups attached to an aromatic ring is 1. The summed E-state index contributed by atoms with van der Waals surface area (Å²) in [5.74, 6) is 0.510. The molecule has 0 atom stereocenters. The molecule has 0 fully saturated rings. The Morgan fingerprint density at radius 1 is 1.60 bits per heavy atom. The zero-order valence-corrected chi connectivity index (χ0v) is 8.78. The van der Waals surface area contributed by atoms with Crippen molar-refractivity contribution in [3.8, 4) is 0 Å². The van der Waals surface area contributed by atoms with Crippen molar-refractivity contribution in [2.24, 2.45) is 5.10 Å². The second-order valence-electron chi connectivity index (χ2n) is 2.84. The van der Waals surface area contributed by atoms with Crippen LogP contribution in [0.4, 0.5) is 11.6 Å². The molecule has 0 aliphatic heterocycles. The minimum absolute atomic E-state index is 0.190. The van der Waals surface area contributed by atoms with Crippen molar-refractivity contribution in [3.05, 3.63) is 21.9 Å². The zero-order chi connectivity index (χ0) is 10.7. The largest absolute Gasteiger partial charge is 0.378 e. The molecule has 0 amide bonds. The van der Waals surface area contributed by atoms with Gasteiger partial charge in [0, 0.05) is 4.88 Å². The Balaban J connectivity index is 2.02. The summed E-state index contributed by atoms with van der Waals surface area (Å²) in [5, 5.41) is 12.9. The van der Waals surface area contributed by atoms with Crippen molar-refractivity contribution in [1.29, 1.82) is 0 Å². The van der Waals surface area contributed by atoms with Crippen LogP contribution in [0.25, 0.3) is 0 Å². The average molecular weight is 223 g/mol. The van der Waals surface area contributed by atoms with Crippen molar-refractivity contribution in [2.75, 3.05) is 11.2 Å². The zero-order valence-electron chi connectivity index (χ0n) is 7.97. The molecule has 15 heavy (non-hydrogen) atoms. The average Bonchev–Trinajstić information content (AvgIpc) is 2.78. The number of hydrazone groups is 1. The van der Waals surface area contributed by atoms with E-state index in [2.05, 4.69) is 25.5 Å². The molecule has 0 saturated heterocycles. The Morgan fingerprint density at radius 3 is 3.07 bits per heavy atom. The molecule has 6 nitrogen and oxygen atoms in total. The molecule has 0 radical (unpaired) electrons. The van der Waals surface area contributed by atoms with Gasteiger partial charge in [0.25, 0.3) is 0 Å². The van der Waals surface area contributed by atoms with E-state index in [-0.39, 0.29) is 5.82 Å². The minimum Gasteiger partial charge on any atom is -0.378 e. The molecular weight excluding hydrogens is 214 g/mol. The summed E-state index contributed by atoms with van der Waals surface area (Å²) >= 11 is 1.61. The summed E-state index contributed by atoms with van der Waals surface area (Å²) < 4.78 is 4.40. The molecule has 2 aromatic heterocycles. The highest BCUT2D eigenvalue weighted by atomic mass is 32.1. The van der Waals surface area contributed by atoms with Crippen LogP contribution in [0.5, 0.6) is 0 Å². The number of nitrogens with two attached hydrogens (primary N) is 1. The van der Waals surface area contributed by atoms with Gasteiger partial charge < -0.3 is 5.73 Å². The number of hydrogen-bond acceptors (Lipinski definition) is 7. The summed E-state index contributed by atoms with van der Waals surface area (Å²) in [6.45, 7) is 2.02. The number of aromatic nitrogens is 2. The van der Waals surface area contributed by atoms with E-state index >= 15 is 0 Å². The number of aryl methyl sites for hydroxylation is 1. The predicted octanol–water partition coefficient (Wildman–Crippen LogP) is 1.47. The maximum Gasteiger partial charge on any atom is 0.235 e. The highest BCUT2D eigenvalue weighted by Gasteiger charge is 2.02. The van der Waals surface area contributed by atoms with Crippen molar-refractivity contribution in [2.45, 2.75) is 6.92 Å². The van der Waals surface area contributed by atoms with Crippen molar-refractivity contribution in [3.63, 3.8) is 0 Å². The first-order chi connectivity index (χ1) is 7.27. The van der Waals surface area contributed by atoms with Gasteiger partial charge in [-0.25, -0.2) is 4.63 Å². The number of hydrogen-bond donors (Lipinski definition) is 2. The Morgan fingerprint density at radius 2 is 2.47 bits per heavy atom. The molecule has 0 aliphatic rings. The molecule has 0 unspecified atom stereocenters. The quantitative estimate of drug-likeness (QED) is 0.607. The third-order valence-corrected chi connectivity index (χ3v) is 2.72. The van der Waals surface area contributed by atoms with Gasteiger partial charge in [0.2, 0.25) is 11.6 Å². The number of nitrogens with zero attached hydrogens (tertiary/aromatic N) is 3. The van der Waals surface area contributed by atoms with Gasteiger partial charge in [-0.1, -0.05) is 0 Å². The topological polar surface area (TPSA) is 89.3 Å². The maximum absolute atomic E-state index is 5.43. The molecule has 2 rings (SSSR count). The summed E-state index contributed by atoms with van der Waals surface area (Å²) in [6, 6.07) is 2.03. The lowest BCUT2D eigenvalue weighted by atomic mass is 10.3. The fourth-order valence-electron chi connectivity index (χ4n) is 0.942. The lowest BCUT2D eigenvalue weighted by Gasteiger charge is -1.92. The first-order valence-electron chi connectivity index (χ1n) is 4.18. The standard InChI is InChI=1S/C8H9N5OS/c1-5-2-3-15-6(5)4-10-11-8-7(9)12-14-13-8/h2-4H,1H3,(H2,9,12)(H,11,13). The van der Waals surface area contributed by atoms with Gasteiger partial charge in [-0.3, -0.25) is 5.43 Å². The lowest BCUT2D eigenvalue weighted by Crippen LogP contribution is -1.95. The van der Waals surface area contributed by atoms with Crippen LogP contribution in [0.2, 0.25) is 0 Å². The molecule has 0 bridgehead atoms. The first-order valence-corrected chi connectivity index (χ1v) is 5.06. The molecule has 2 heterocycles. The van der Waals surface area contributed by atoms with Gasteiger partial charge in [-0.05, 0) is 34.2 Å². The monoisotopic (exact) mass is 223 g/mol. The molecule has 0 aliphatic carbocycles. The van der Waals surface area contributed by atoms with Gasteiger partial charge in [0.1, 0.15) is 0 Å². The Hall–Kier alpha value is -1.89. The van der Waals surface area contributed by atoms with E-state index < -0.39 is 0 Å². The van der Waals surface area contributed by atoms with Crippen molar-refractivity contribution < 1.29 is 4.63 Å². The summed E-state index contributed by atoms with van der Waals surface area (Å²) in [6.07, 6.45) is 1.70. The highest BCUT2D eigenvalue weighted by Crippen LogP contribution is 2.13. The summed E-state index contributed by atoms with van der Waals surface area (Å²) in [7, 11) is 0. The van der Waals surface area contributed by atoms with E-state index in [1.165, 1.54) is 5.56 Å². The molecule has 0 aromatic carbocycles. The predicted molar refractivity (Wildman–Crippen MR) is 59.0 cm³/mol. The number of rotatable bonds is 3. The fourth-order valence-corrected chi connectivity index (χ4v) is 1.73. The van der Waals surface area contributed by atoms with Crippen LogP contribution in [0, 0.1) is 6.92 Å². The molecule has 0 saturated carbocycles. The third kappa shape index (κ3) is 2.13. The SMILES string of the molecule is Cc1ccsc1C=NNc1nonc1N. The third-order valence-electron chi connectivity index (χ3n) is 1.77. The van der Waals surface area contributed by atoms with E-state index in [1.54, 1.807) is 17.6 Å². The van der Waals surface area contributed by atoms with Crippen molar-refractivity contribution >= 4 is 29.2 Å². The van der Waals surface area contributed by atoms with Crippen LogP contribution < -0.4 is 11.2 Å². The number of nitrogens with one attached hydrogen (secondary N) is 1. The van der Waals surface area contributed by atoms with E-state index in [4.69, 9.17) is 5.73 Å². The van der Waals surface area contributed by atoms with E-state index in [0.29, 0.717) is 5.82 Å². The Bertz CT molecular complexity index is 475. The molecule has 3 N–H and O–H groups in total. The molecule has 0 spiro atoms. The lowest BCUT2D eigenvalue weighted by molar-refractivity contribution is 0.310. The van der Waals surface area contributed by atoms with Gasteiger partial charge in [0.15, 0.2) is 0 Å². The fraction of sp³-hybridized carbons (Fsp3) is 0.125. The van der Waals surface area contributed by atoms with Crippen LogP contribution in [-0.2, 0) is 0 Å². The van der Waals surface area contributed by atoms with Crippen LogP contribution in [0.1, 0.15) is 10.4 Å². The smallest absolute Gasteiger partial charge is 0.235 e. The highest BCUT2D eigenvalue weighted by molar-refractivity contribution is 7.11. The van der Waals surface area contributed by atoms with Gasteiger partial charge >= 0.3 is 0 Å². The Labute approximate surface area is 89.8 Å². The van der Waals surface area contributed by atoms with Crippen LogP contribution in [0.15, 0.2) is 21.2 Å². The molecular formula is C8H9N5OS. The normalized spacial score (nSPS) is 11.0. The van der Waals surface area contributed by atoms with Gasteiger partial charge in [0.05, 0.1) is 6.21 Å². The van der Waals surface area contributed by atoms with Crippen LogP contribution in [-0.4, -0.2) is 16.5 Å². The summed E-state index contributed by atoms with van der Waals surface area (Å²) in [4.78, 5) is 1.08. The first kappa shape index (κ1) is 9.66. The summed E-state index contributed by atoms with van der Waals surface area (Å²) in [5.41, 5.74) is 9.25. The second-order valence-corrected chi connectivity index (χ2v) is 3.78. The minimum atomic E-state index is 0.190. The van der Waals surface area contributed by atoms with Gasteiger partial charge in [-0.2, -0.15) is 5.10 Å². The van der Waals surface area contributed by atoms with Crippen LogP contribution in [0.3, 0.4) is 0 Å². The van der Waals surface area contributed by atoms with Gasteiger partial charge in [-0.15, -0.1) is 11.3 Å². The van der Waals surface area contributed by atoms with E-state index in [0.717, 1.165) is 4.88 Å². The Kier molecular flexibility index (Phi) is 2.64.